The molecule has 2 atom stereocenters. The minimum Gasteiger partial charge on any atom is -0.459 e. The molecule has 1 fully saturated rings. The van der Waals surface area contributed by atoms with Crippen molar-refractivity contribution in [2.24, 2.45) is 0 Å². The Bertz CT molecular complexity index is 656. The Labute approximate surface area is 155 Å². The summed E-state index contributed by atoms with van der Waals surface area (Å²) in [5, 5.41) is 10.9. The number of esters is 1. The van der Waals surface area contributed by atoms with Gasteiger partial charge in [0.15, 0.2) is 0 Å². The van der Waals surface area contributed by atoms with Crippen LogP contribution in [0.15, 0.2) is 24.3 Å². The fourth-order valence-electron chi connectivity index (χ4n) is 3.25. The summed E-state index contributed by atoms with van der Waals surface area (Å²) in [5.41, 5.74) is 0.570. The van der Waals surface area contributed by atoms with E-state index in [2.05, 4.69) is 23.6 Å². The predicted molar refractivity (Wildman–Crippen MR) is 99.8 cm³/mol. The standard InChI is InChI=1S/C19H29N3O4/c1-14-11-21(13-18(23)26-19(3,4)5)15(2)10-20(14)12-16-7-6-8-17(9-16)22(24)25/h6-9,14-15H,10-13H2,1-5H3. The number of non-ortho nitro benzene ring substituents is 1. The van der Waals surface area contributed by atoms with Crippen molar-refractivity contribution in [1.29, 1.82) is 0 Å². The SMILES string of the molecule is CC1CN(Cc2cccc([N+](=O)[O-])c2)C(C)CN1CC(=O)OC(C)(C)C. The molecule has 1 saturated heterocycles. The number of hydrogen-bond donors (Lipinski definition) is 0. The van der Waals surface area contributed by atoms with E-state index < -0.39 is 5.60 Å². The van der Waals surface area contributed by atoms with Gasteiger partial charge in [0.25, 0.3) is 5.69 Å². The van der Waals surface area contributed by atoms with Crippen molar-refractivity contribution in [2.75, 3.05) is 19.6 Å². The fraction of sp³-hybridized carbons (Fsp3) is 0.632. The molecule has 0 radical (unpaired) electrons. The molecule has 1 aliphatic rings. The molecule has 7 nitrogen and oxygen atoms in total. The fourth-order valence-corrected chi connectivity index (χ4v) is 3.25. The third kappa shape index (κ3) is 5.78. The summed E-state index contributed by atoms with van der Waals surface area (Å²) >= 11 is 0. The highest BCUT2D eigenvalue weighted by Gasteiger charge is 2.31. The van der Waals surface area contributed by atoms with Crippen LogP contribution in [-0.4, -0.2) is 58.0 Å². The summed E-state index contributed by atoms with van der Waals surface area (Å²) in [4.78, 5) is 27.1. The average Bonchev–Trinajstić information content (AvgIpc) is 2.50. The minimum absolute atomic E-state index is 0.117. The van der Waals surface area contributed by atoms with Crippen molar-refractivity contribution in [3.05, 3.63) is 39.9 Å². The molecule has 1 aromatic carbocycles. The molecule has 1 aliphatic heterocycles. The average molecular weight is 363 g/mol. The molecule has 144 valence electrons. The largest absolute Gasteiger partial charge is 0.459 e. The molecule has 2 rings (SSSR count). The Kier molecular flexibility index (Phi) is 6.36. The van der Waals surface area contributed by atoms with Gasteiger partial charge in [-0.25, -0.2) is 0 Å². The first-order chi connectivity index (χ1) is 12.0. The molecular weight excluding hydrogens is 334 g/mol. The molecule has 0 saturated carbocycles. The Balaban J connectivity index is 1.96. The molecule has 0 bridgehead atoms. The summed E-state index contributed by atoms with van der Waals surface area (Å²) in [7, 11) is 0. The van der Waals surface area contributed by atoms with Gasteiger partial charge in [-0.15, -0.1) is 0 Å². The Morgan fingerprint density at radius 2 is 1.85 bits per heavy atom. The molecule has 0 aromatic heterocycles. The Morgan fingerprint density at radius 3 is 2.46 bits per heavy atom. The predicted octanol–water partition coefficient (Wildman–Crippen LogP) is 2.83. The summed E-state index contributed by atoms with van der Waals surface area (Å²) in [5.74, 6) is -0.205. The quantitative estimate of drug-likeness (QED) is 0.455. The number of hydrogen-bond acceptors (Lipinski definition) is 6. The lowest BCUT2D eigenvalue weighted by Gasteiger charge is -2.44. The van der Waals surface area contributed by atoms with Crippen LogP contribution in [0.1, 0.15) is 40.2 Å². The first kappa shape index (κ1) is 20.3. The summed E-state index contributed by atoms with van der Waals surface area (Å²) in [6, 6.07) is 7.22. The van der Waals surface area contributed by atoms with Crippen molar-refractivity contribution >= 4 is 11.7 Å². The highest BCUT2D eigenvalue weighted by molar-refractivity contribution is 5.72. The lowest BCUT2D eigenvalue weighted by atomic mass is 10.1. The maximum Gasteiger partial charge on any atom is 0.320 e. The van der Waals surface area contributed by atoms with Crippen LogP contribution in [0.2, 0.25) is 0 Å². The zero-order valence-corrected chi connectivity index (χ0v) is 16.3. The third-order valence-electron chi connectivity index (χ3n) is 4.50. The molecular formula is C19H29N3O4. The normalized spacial score (nSPS) is 22.2. The summed E-state index contributed by atoms with van der Waals surface area (Å²) < 4.78 is 5.42. The minimum atomic E-state index is -0.476. The second-order valence-corrected chi connectivity index (χ2v) is 8.07. The first-order valence-electron chi connectivity index (χ1n) is 8.98. The van der Waals surface area contributed by atoms with Crippen LogP contribution in [0.3, 0.4) is 0 Å². The number of piperazine rings is 1. The number of nitro benzene ring substituents is 1. The third-order valence-corrected chi connectivity index (χ3v) is 4.50. The number of nitro groups is 1. The molecule has 1 aromatic rings. The van der Waals surface area contributed by atoms with E-state index in [1.54, 1.807) is 12.1 Å². The second-order valence-electron chi connectivity index (χ2n) is 8.07. The zero-order valence-electron chi connectivity index (χ0n) is 16.3. The molecule has 0 spiro atoms. The van der Waals surface area contributed by atoms with E-state index in [-0.39, 0.29) is 35.2 Å². The van der Waals surface area contributed by atoms with Crippen molar-refractivity contribution in [3.63, 3.8) is 0 Å². The van der Waals surface area contributed by atoms with E-state index >= 15 is 0 Å². The smallest absolute Gasteiger partial charge is 0.320 e. The molecule has 2 unspecified atom stereocenters. The number of carbonyl (C=O) groups excluding carboxylic acids is 1. The van der Waals surface area contributed by atoms with E-state index in [1.807, 2.05) is 26.8 Å². The van der Waals surface area contributed by atoms with Gasteiger partial charge in [-0.2, -0.15) is 0 Å². The van der Waals surface area contributed by atoms with Gasteiger partial charge < -0.3 is 4.74 Å². The Hall–Kier alpha value is -1.99. The van der Waals surface area contributed by atoms with E-state index in [0.29, 0.717) is 6.54 Å². The van der Waals surface area contributed by atoms with Crippen LogP contribution in [0, 0.1) is 10.1 Å². The van der Waals surface area contributed by atoms with Crippen molar-refractivity contribution in [3.8, 4) is 0 Å². The number of nitrogens with zero attached hydrogens (tertiary/aromatic N) is 3. The maximum absolute atomic E-state index is 12.1. The van der Waals surface area contributed by atoms with Crippen LogP contribution in [0.4, 0.5) is 5.69 Å². The molecule has 0 N–H and O–H groups in total. The first-order valence-corrected chi connectivity index (χ1v) is 8.98. The molecule has 0 amide bonds. The summed E-state index contributed by atoms with van der Waals surface area (Å²) in [6.45, 7) is 12.3. The number of carbonyl (C=O) groups is 1. The maximum atomic E-state index is 12.1. The van der Waals surface area contributed by atoms with E-state index in [9.17, 15) is 14.9 Å². The van der Waals surface area contributed by atoms with Crippen LogP contribution < -0.4 is 0 Å². The highest BCUT2D eigenvalue weighted by Crippen LogP contribution is 2.21. The lowest BCUT2D eigenvalue weighted by Crippen LogP contribution is -2.57. The van der Waals surface area contributed by atoms with E-state index in [0.717, 1.165) is 18.7 Å². The van der Waals surface area contributed by atoms with Gasteiger partial charge in [-0.3, -0.25) is 24.7 Å². The summed E-state index contributed by atoms with van der Waals surface area (Å²) in [6.07, 6.45) is 0. The molecule has 7 heteroatoms. The van der Waals surface area contributed by atoms with E-state index in [1.165, 1.54) is 6.07 Å². The van der Waals surface area contributed by atoms with Crippen LogP contribution in [0.5, 0.6) is 0 Å². The Morgan fingerprint density at radius 1 is 1.23 bits per heavy atom. The van der Waals surface area contributed by atoms with Gasteiger partial charge in [0.05, 0.1) is 11.5 Å². The highest BCUT2D eigenvalue weighted by atomic mass is 16.6. The zero-order chi connectivity index (χ0) is 19.5. The number of ether oxygens (including phenoxy) is 1. The van der Waals surface area contributed by atoms with Gasteiger partial charge in [0.2, 0.25) is 0 Å². The van der Waals surface area contributed by atoms with Gasteiger partial charge in [-0.05, 0) is 40.2 Å². The monoisotopic (exact) mass is 363 g/mol. The van der Waals surface area contributed by atoms with Gasteiger partial charge in [0, 0.05) is 43.9 Å². The van der Waals surface area contributed by atoms with Crippen molar-refractivity contribution in [2.45, 2.75) is 58.8 Å². The van der Waals surface area contributed by atoms with Gasteiger partial charge in [0.1, 0.15) is 5.60 Å². The van der Waals surface area contributed by atoms with Crippen LogP contribution in [-0.2, 0) is 16.1 Å². The van der Waals surface area contributed by atoms with Crippen molar-refractivity contribution in [1.82, 2.24) is 9.80 Å². The molecule has 0 aliphatic carbocycles. The van der Waals surface area contributed by atoms with Crippen LogP contribution in [0.25, 0.3) is 0 Å². The number of benzene rings is 1. The lowest BCUT2D eigenvalue weighted by molar-refractivity contribution is -0.384. The van der Waals surface area contributed by atoms with Gasteiger partial charge in [-0.1, -0.05) is 12.1 Å². The molecule has 26 heavy (non-hydrogen) atoms. The van der Waals surface area contributed by atoms with Crippen LogP contribution >= 0.6 is 0 Å². The second kappa shape index (κ2) is 8.14. The van der Waals surface area contributed by atoms with E-state index in [4.69, 9.17) is 4.74 Å². The van der Waals surface area contributed by atoms with Crippen molar-refractivity contribution < 1.29 is 14.5 Å². The molecule has 1 heterocycles. The number of rotatable bonds is 5. The topological polar surface area (TPSA) is 75.9 Å². The van der Waals surface area contributed by atoms with Gasteiger partial charge >= 0.3 is 5.97 Å².